The molecule has 100 valence electrons. The summed E-state index contributed by atoms with van der Waals surface area (Å²) in [6.07, 6.45) is 1.01. The maximum Gasteiger partial charge on any atom is 0.231 e. The van der Waals surface area contributed by atoms with Gasteiger partial charge in [0.1, 0.15) is 0 Å². The fourth-order valence-corrected chi connectivity index (χ4v) is 2.48. The van der Waals surface area contributed by atoms with Crippen molar-refractivity contribution in [3.8, 4) is 11.4 Å². The molecule has 19 heavy (non-hydrogen) atoms. The molecule has 1 atom stereocenters. The standard InChI is InChI=1S/C14H17N3O2/c18-9-8-17-7-6-12(10-17)14-15-13(16-19-14)11-4-2-1-3-5-11/h1-5,12,18H,6-10H2/t12-/m0/s1. The van der Waals surface area contributed by atoms with E-state index >= 15 is 0 Å². The first kappa shape index (κ1) is 12.3. The van der Waals surface area contributed by atoms with Gasteiger partial charge < -0.3 is 14.5 Å². The predicted octanol–water partition coefficient (Wildman–Crippen LogP) is 1.52. The number of nitrogens with zero attached hydrogens (tertiary/aromatic N) is 3. The van der Waals surface area contributed by atoms with Gasteiger partial charge in [0.25, 0.3) is 0 Å². The fourth-order valence-electron chi connectivity index (χ4n) is 2.48. The quantitative estimate of drug-likeness (QED) is 0.902. The first-order chi connectivity index (χ1) is 9.36. The summed E-state index contributed by atoms with van der Waals surface area (Å²) in [4.78, 5) is 6.71. The van der Waals surface area contributed by atoms with Crippen molar-refractivity contribution in [2.24, 2.45) is 0 Å². The fraction of sp³-hybridized carbons (Fsp3) is 0.429. The predicted molar refractivity (Wildman–Crippen MR) is 70.6 cm³/mol. The molecule has 1 saturated heterocycles. The Kier molecular flexibility index (Phi) is 3.57. The third-order valence-electron chi connectivity index (χ3n) is 3.51. The monoisotopic (exact) mass is 259 g/mol. The van der Waals surface area contributed by atoms with E-state index in [2.05, 4.69) is 15.0 Å². The number of hydrogen-bond acceptors (Lipinski definition) is 5. The zero-order valence-electron chi connectivity index (χ0n) is 10.7. The Bertz CT molecular complexity index is 526. The van der Waals surface area contributed by atoms with E-state index in [9.17, 15) is 0 Å². The molecule has 3 rings (SSSR count). The van der Waals surface area contributed by atoms with E-state index in [-0.39, 0.29) is 12.5 Å². The van der Waals surface area contributed by atoms with Crippen LogP contribution in [0, 0.1) is 0 Å². The Labute approximate surface area is 111 Å². The molecule has 5 heteroatoms. The molecule has 1 N–H and O–H groups in total. The second kappa shape index (κ2) is 5.50. The average molecular weight is 259 g/mol. The summed E-state index contributed by atoms with van der Waals surface area (Å²) in [7, 11) is 0. The second-order valence-electron chi connectivity index (χ2n) is 4.83. The Balaban J connectivity index is 1.72. The molecule has 5 nitrogen and oxygen atoms in total. The minimum absolute atomic E-state index is 0.200. The van der Waals surface area contributed by atoms with Crippen LogP contribution in [0.1, 0.15) is 18.2 Å². The lowest BCUT2D eigenvalue weighted by Crippen LogP contribution is -2.23. The summed E-state index contributed by atoms with van der Waals surface area (Å²) < 4.78 is 5.38. The van der Waals surface area contributed by atoms with Gasteiger partial charge in [-0.1, -0.05) is 35.5 Å². The van der Waals surface area contributed by atoms with Crippen LogP contribution in [0.4, 0.5) is 0 Å². The highest BCUT2D eigenvalue weighted by molar-refractivity contribution is 5.53. The van der Waals surface area contributed by atoms with Crippen LogP contribution >= 0.6 is 0 Å². The van der Waals surface area contributed by atoms with Crippen molar-refractivity contribution in [3.05, 3.63) is 36.2 Å². The molecule has 0 bridgehead atoms. The number of aliphatic hydroxyl groups excluding tert-OH is 1. The lowest BCUT2D eigenvalue weighted by Gasteiger charge is -2.12. The normalized spacial score (nSPS) is 19.9. The SMILES string of the molecule is OCCN1CC[C@H](c2nc(-c3ccccc3)no2)C1. The van der Waals surface area contributed by atoms with Crippen molar-refractivity contribution in [1.82, 2.24) is 15.0 Å². The van der Waals surface area contributed by atoms with Crippen LogP contribution in [0.15, 0.2) is 34.9 Å². The molecule has 0 radical (unpaired) electrons. The Morgan fingerprint density at radius 3 is 2.95 bits per heavy atom. The summed E-state index contributed by atoms with van der Waals surface area (Å²) in [5, 5.41) is 13.0. The Hall–Kier alpha value is -1.72. The first-order valence-corrected chi connectivity index (χ1v) is 6.59. The number of hydrogen-bond donors (Lipinski definition) is 1. The molecule has 2 heterocycles. The molecular formula is C14H17N3O2. The van der Waals surface area contributed by atoms with Gasteiger partial charge in [0, 0.05) is 18.7 Å². The Morgan fingerprint density at radius 2 is 2.16 bits per heavy atom. The average Bonchev–Trinajstić information content (AvgIpc) is 3.08. The summed E-state index contributed by atoms with van der Waals surface area (Å²) in [5.74, 6) is 1.65. The van der Waals surface area contributed by atoms with E-state index in [1.165, 1.54) is 0 Å². The second-order valence-corrected chi connectivity index (χ2v) is 4.83. The Morgan fingerprint density at radius 1 is 1.32 bits per heavy atom. The molecule has 2 aromatic rings. The first-order valence-electron chi connectivity index (χ1n) is 6.59. The molecule has 0 spiro atoms. The van der Waals surface area contributed by atoms with Crippen molar-refractivity contribution in [2.75, 3.05) is 26.2 Å². The highest BCUT2D eigenvalue weighted by atomic mass is 16.5. The number of benzene rings is 1. The van der Waals surface area contributed by atoms with Crippen LogP contribution in [-0.2, 0) is 0 Å². The molecular weight excluding hydrogens is 242 g/mol. The van der Waals surface area contributed by atoms with Gasteiger partial charge in [-0.25, -0.2) is 0 Å². The van der Waals surface area contributed by atoms with Crippen LogP contribution in [-0.4, -0.2) is 46.4 Å². The van der Waals surface area contributed by atoms with Crippen LogP contribution in [0.5, 0.6) is 0 Å². The minimum atomic E-state index is 0.200. The lowest BCUT2D eigenvalue weighted by molar-refractivity contribution is 0.218. The highest BCUT2D eigenvalue weighted by Gasteiger charge is 2.28. The summed E-state index contributed by atoms with van der Waals surface area (Å²) >= 11 is 0. The number of β-amino-alcohol motifs (C(OH)–C–C–N with tert-alkyl or cyclic N) is 1. The van der Waals surface area contributed by atoms with E-state index in [1.54, 1.807) is 0 Å². The van der Waals surface area contributed by atoms with Gasteiger partial charge in [0.2, 0.25) is 11.7 Å². The molecule has 1 aliphatic rings. The molecule has 0 unspecified atom stereocenters. The molecule has 1 aromatic carbocycles. The molecule has 0 amide bonds. The van der Waals surface area contributed by atoms with Crippen LogP contribution in [0.2, 0.25) is 0 Å². The van der Waals surface area contributed by atoms with Crippen molar-refractivity contribution < 1.29 is 9.63 Å². The van der Waals surface area contributed by atoms with E-state index in [1.807, 2.05) is 30.3 Å². The van der Waals surface area contributed by atoms with Gasteiger partial charge in [-0.15, -0.1) is 0 Å². The van der Waals surface area contributed by atoms with Gasteiger partial charge in [-0.05, 0) is 13.0 Å². The van der Waals surface area contributed by atoms with Crippen LogP contribution in [0.3, 0.4) is 0 Å². The third kappa shape index (κ3) is 2.67. The van der Waals surface area contributed by atoms with Gasteiger partial charge in [-0.2, -0.15) is 4.98 Å². The lowest BCUT2D eigenvalue weighted by atomic mass is 10.1. The van der Waals surface area contributed by atoms with Crippen molar-refractivity contribution >= 4 is 0 Å². The molecule has 0 saturated carbocycles. The van der Waals surface area contributed by atoms with Gasteiger partial charge in [0.05, 0.1) is 12.5 Å². The van der Waals surface area contributed by atoms with Crippen LogP contribution in [0.25, 0.3) is 11.4 Å². The topological polar surface area (TPSA) is 62.4 Å². The van der Waals surface area contributed by atoms with E-state index in [0.717, 1.165) is 31.6 Å². The molecule has 1 aromatic heterocycles. The molecule has 1 aliphatic heterocycles. The largest absolute Gasteiger partial charge is 0.395 e. The molecule has 0 aliphatic carbocycles. The minimum Gasteiger partial charge on any atom is -0.395 e. The van der Waals surface area contributed by atoms with Crippen molar-refractivity contribution in [2.45, 2.75) is 12.3 Å². The van der Waals surface area contributed by atoms with Crippen LogP contribution < -0.4 is 0 Å². The summed E-state index contributed by atoms with van der Waals surface area (Å²) in [6, 6.07) is 9.84. The maximum atomic E-state index is 8.94. The van der Waals surface area contributed by atoms with E-state index < -0.39 is 0 Å². The van der Waals surface area contributed by atoms with Crippen molar-refractivity contribution in [1.29, 1.82) is 0 Å². The zero-order valence-corrected chi connectivity index (χ0v) is 10.7. The zero-order chi connectivity index (χ0) is 13.1. The highest BCUT2D eigenvalue weighted by Crippen LogP contribution is 2.27. The molecule has 1 fully saturated rings. The maximum absolute atomic E-state index is 8.94. The number of aliphatic hydroxyl groups is 1. The van der Waals surface area contributed by atoms with E-state index in [4.69, 9.17) is 9.63 Å². The van der Waals surface area contributed by atoms with Gasteiger partial charge in [-0.3, -0.25) is 0 Å². The number of likely N-dealkylation sites (tertiary alicyclic amines) is 1. The smallest absolute Gasteiger partial charge is 0.231 e. The third-order valence-corrected chi connectivity index (χ3v) is 3.51. The number of rotatable bonds is 4. The summed E-state index contributed by atoms with van der Waals surface area (Å²) in [6.45, 7) is 2.78. The number of aromatic nitrogens is 2. The van der Waals surface area contributed by atoms with E-state index in [0.29, 0.717) is 11.7 Å². The van der Waals surface area contributed by atoms with Crippen molar-refractivity contribution in [3.63, 3.8) is 0 Å². The summed E-state index contributed by atoms with van der Waals surface area (Å²) in [5.41, 5.74) is 0.975. The van der Waals surface area contributed by atoms with Gasteiger partial charge >= 0.3 is 0 Å². The van der Waals surface area contributed by atoms with Gasteiger partial charge in [0.15, 0.2) is 0 Å².